The van der Waals surface area contributed by atoms with Crippen molar-refractivity contribution in [1.29, 1.82) is 0 Å². The molecule has 100 valence electrons. The number of hydrogen-bond donors (Lipinski definition) is 1. The topological polar surface area (TPSA) is 35.2 Å². The first-order valence-electron chi connectivity index (χ1n) is 5.94. The van der Waals surface area contributed by atoms with Crippen molar-refractivity contribution in [1.82, 2.24) is 0 Å². The standard InChI is InChI=1S/C15H15Br2NO/c1-19-15-7-6-11(16)8-10(15)9-14(18)12-4-2-3-5-13(12)17/h2-8,14H,9,18H2,1H3. The maximum absolute atomic E-state index is 6.30. The highest BCUT2D eigenvalue weighted by molar-refractivity contribution is 9.10. The monoisotopic (exact) mass is 383 g/mol. The Hall–Kier alpha value is -0.840. The van der Waals surface area contributed by atoms with Crippen LogP contribution in [0.4, 0.5) is 0 Å². The fraction of sp³-hybridized carbons (Fsp3) is 0.200. The smallest absolute Gasteiger partial charge is 0.122 e. The lowest BCUT2D eigenvalue weighted by Gasteiger charge is -2.16. The summed E-state index contributed by atoms with van der Waals surface area (Å²) in [6.07, 6.45) is 0.727. The number of benzene rings is 2. The van der Waals surface area contributed by atoms with Crippen LogP contribution in [0.2, 0.25) is 0 Å². The predicted octanol–water partition coefficient (Wildman–Crippen LogP) is 4.46. The highest BCUT2D eigenvalue weighted by atomic mass is 79.9. The summed E-state index contributed by atoms with van der Waals surface area (Å²) in [4.78, 5) is 0. The molecule has 0 aromatic heterocycles. The zero-order valence-electron chi connectivity index (χ0n) is 10.6. The third-order valence-electron chi connectivity index (χ3n) is 2.99. The molecule has 2 N–H and O–H groups in total. The van der Waals surface area contributed by atoms with E-state index in [1.165, 1.54) is 0 Å². The average molecular weight is 385 g/mol. The molecule has 0 spiro atoms. The van der Waals surface area contributed by atoms with Crippen molar-refractivity contribution in [3.63, 3.8) is 0 Å². The van der Waals surface area contributed by atoms with Crippen molar-refractivity contribution in [2.24, 2.45) is 5.73 Å². The second-order valence-electron chi connectivity index (χ2n) is 4.29. The van der Waals surface area contributed by atoms with Crippen LogP contribution in [0.1, 0.15) is 17.2 Å². The first-order valence-corrected chi connectivity index (χ1v) is 7.53. The second-order valence-corrected chi connectivity index (χ2v) is 6.06. The molecule has 0 aliphatic heterocycles. The Morgan fingerprint density at radius 2 is 1.89 bits per heavy atom. The molecule has 0 saturated heterocycles. The Bertz CT molecular complexity index is 572. The van der Waals surface area contributed by atoms with E-state index in [4.69, 9.17) is 10.5 Å². The number of ether oxygens (including phenoxy) is 1. The number of hydrogen-bond acceptors (Lipinski definition) is 2. The zero-order chi connectivity index (χ0) is 13.8. The van der Waals surface area contributed by atoms with Crippen LogP contribution in [0.15, 0.2) is 51.4 Å². The fourth-order valence-electron chi connectivity index (χ4n) is 2.03. The minimum Gasteiger partial charge on any atom is -0.496 e. The fourth-order valence-corrected chi connectivity index (χ4v) is 3.02. The van der Waals surface area contributed by atoms with Gasteiger partial charge in [0.15, 0.2) is 0 Å². The molecule has 0 radical (unpaired) electrons. The highest BCUT2D eigenvalue weighted by Gasteiger charge is 2.13. The third-order valence-corrected chi connectivity index (χ3v) is 4.20. The Morgan fingerprint density at radius 3 is 2.58 bits per heavy atom. The Morgan fingerprint density at radius 1 is 1.16 bits per heavy atom. The van der Waals surface area contributed by atoms with Gasteiger partial charge in [-0.25, -0.2) is 0 Å². The lowest BCUT2D eigenvalue weighted by molar-refractivity contribution is 0.408. The normalized spacial score (nSPS) is 12.2. The van der Waals surface area contributed by atoms with E-state index in [-0.39, 0.29) is 6.04 Å². The molecule has 0 aliphatic rings. The Kier molecular flexibility index (Phi) is 5.02. The van der Waals surface area contributed by atoms with Crippen molar-refractivity contribution in [3.8, 4) is 5.75 Å². The SMILES string of the molecule is COc1ccc(Br)cc1CC(N)c1ccccc1Br. The van der Waals surface area contributed by atoms with Crippen molar-refractivity contribution in [3.05, 3.63) is 62.5 Å². The molecule has 1 atom stereocenters. The molecule has 19 heavy (non-hydrogen) atoms. The molecule has 0 bridgehead atoms. The van der Waals surface area contributed by atoms with Gasteiger partial charge in [0.05, 0.1) is 7.11 Å². The molecule has 4 heteroatoms. The van der Waals surface area contributed by atoms with Crippen LogP contribution in [0, 0.1) is 0 Å². The molecular formula is C15H15Br2NO. The molecule has 0 amide bonds. The molecule has 0 aliphatic carbocycles. The Balaban J connectivity index is 2.26. The van der Waals surface area contributed by atoms with Crippen LogP contribution in [0.3, 0.4) is 0 Å². The van der Waals surface area contributed by atoms with Crippen molar-refractivity contribution < 1.29 is 4.74 Å². The quantitative estimate of drug-likeness (QED) is 0.844. The predicted molar refractivity (Wildman–Crippen MR) is 85.5 cm³/mol. The van der Waals surface area contributed by atoms with Crippen LogP contribution in [-0.4, -0.2) is 7.11 Å². The molecule has 0 saturated carbocycles. The summed E-state index contributed by atoms with van der Waals surface area (Å²) in [5.74, 6) is 0.866. The molecule has 0 heterocycles. The van der Waals surface area contributed by atoms with Crippen LogP contribution in [-0.2, 0) is 6.42 Å². The molecule has 2 nitrogen and oxygen atoms in total. The Labute approximate surface area is 130 Å². The van der Waals surface area contributed by atoms with Crippen molar-refractivity contribution in [2.45, 2.75) is 12.5 Å². The van der Waals surface area contributed by atoms with Crippen LogP contribution in [0.5, 0.6) is 5.75 Å². The van der Waals surface area contributed by atoms with Gasteiger partial charge in [-0.3, -0.25) is 0 Å². The van der Waals surface area contributed by atoms with E-state index in [2.05, 4.69) is 37.9 Å². The van der Waals surface area contributed by atoms with Gasteiger partial charge in [-0.15, -0.1) is 0 Å². The average Bonchev–Trinajstić information content (AvgIpc) is 2.39. The largest absolute Gasteiger partial charge is 0.496 e. The van der Waals surface area contributed by atoms with E-state index >= 15 is 0 Å². The summed E-state index contributed by atoms with van der Waals surface area (Å²) in [5, 5.41) is 0. The lowest BCUT2D eigenvalue weighted by Crippen LogP contribution is -2.14. The van der Waals surface area contributed by atoms with Gasteiger partial charge in [0.25, 0.3) is 0 Å². The molecule has 1 unspecified atom stereocenters. The van der Waals surface area contributed by atoms with Crippen molar-refractivity contribution >= 4 is 31.9 Å². The van der Waals surface area contributed by atoms with E-state index < -0.39 is 0 Å². The summed E-state index contributed by atoms with van der Waals surface area (Å²) < 4.78 is 7.45. The van der Waals surface area contributed by atoms with Gasteiger partial charge >= 0.3 is 0 Å². The molecule has 2 aromatic rings. The summed E-state index contributed by atoms with van der Waals surface area (Å²) in [6.45, 7) is 0. The number of halogens is 2. The number of nitrogens with two attached hydrogens (primary N) is 1. The number of methoxy groups -OCH3 is 1. The summed E-state index contributed by atoms with van der Waals surface area (Å²) in [7, 11) is 1.68. The summed E-state index contributed by atoms with van der Waals surface area (Å²) in [5.41, 5.74) is 8.50. The van der Waals surface area contributed by atoms with Gasteiger partial charge in [0, 0.05) is 15.0 Å². The van der Waals surface area contributed by atoms with Gasteiger partial charge in [0.2, 0.25) is 0 Å². The molecular weight excluding hydrogens is 370 g/mol. The van der Waals surface area contributed by atoms with Crippen LogP contribution >= 0.6 is 31.9 Å². The van der Waals surface area contributed by atoms with Gasteiger partial charge in [-0.05, 0) is 41.8 Å². The minimum atomic E-state index is -0.0706. The van der Waals surface area contributed by atoms with Gasteiger partial charge < -0.3 is 10.5 Å². The summed E-state index contributed by atoms with van der Waals surface area (Å²) in [6, 6.07) is 13.9. The maximum atomic E-state index is 6.30. The van der Waals surface area contributed by atoms with Crippen LogP contribution in [0.25, 0.3) is 0 Å². The third kappa shape index (κ3) is 3.59. The lowest BCUT2D eigenvalue weighted by atomic mass is 9.99. The second kappa shape index (κ2) is 6.55. The van der Waals surface area contributed by atoms with E-state index in [1.807, 2.05) is 36.4 Å². The van der Waals surface area contributed by atoms with Gasteiger partial charge in [-0.1, -0.05) is 50.1 Å². The van der Waals surface area contributed by atoms with Crippen LogP contribution < -0.4 is 10.5 Å². The molecule has 2 aromatic carbocycles. The van der Waals surface area contributed by atoms with E-state index in [0.29, 0.717) is 0 Å². The molecule has 2 rings (SSSR count). The maximum Gasteiger partial charge on any atom is 0.122 e. The first kappa shape index (κ1) is 14.6. The number of rotatable bonds is 4. The van der Waals surface area contributed by atoms with E-state index in [1.54, 1.807) is 7.11 Å². The van der Waals surface area contributed by atoms with E-state index in [0.717, 1.165) is 32.2 Å². The first-order chi connectivity index (χ1) is 9.11. The van der Waals surface area contributed by atoms with Gasteiger partial charge in [-0.2, -0.15) is 0 Å². The summed E-state index contributed by atoms with van der Waals surface area (Å²) >= 11 is 7.02. The molecule has 0 fully saturated rings. The zero-order valence-corrected chi connectivity index (χ0v) is 13.7. The highest BCUT2D eigenvalue weighted by Crippen LogP contribution is 2.29. The van der Waals surface area contributed by atoms with E-state index in [9.17, 15) is 0 Å². The van der Waals surface area contributed by atoms with Gasteiger partial charge in [0.1, 0.15) is 5.75 Å². The van der Waals surface area contributed by atoms with Crippen molar-refractivity contribution in [2.75, 3.05) is 7.11 Å². The minimum absolute atomic E-state index is 0.0706.